The van der Waals surface area contributed by atoms with Crippen molar-refractivity contribution in [3.8, 4) is 0 Å². The van der Waals surface area contributed by atoms with Crippen LogP contribution in [0.1, 0.15) is 19.6 Å². The highest BCUT2D eigenvalue weighted by Gasteiger charge is 2.49. The molecule has 18 nitrogen and oxygen atoms in total. The van der Waals surface area contributed by atoms with Crippen molar-refractivity contribution in [2.75, 3.05) is 18.9 Å². The molecule has 1 amide bonds. The Morgan fingerprint density at radius 2 is 1.97 bits per heavy atom. The number of aliphatic hydroxyl groups is 7. The second kappa shape index (κ2) is 12.6. The molecule has 0 saturated carbocycles. The Bertz CT molecular complexity index is 1110. The van der Waals surface area contributed by atoms with Crippen LogP contribution in [0.15, 0.2) is 17.1 Å². The van der Waals surface area contributed by atoms with E-state index in [4.69, 9.17) is 24.8 Å². The molecule has 10 N–H and O–H groups in total. The summed E-state index contributed by atoms with van der Waals surface area (Å²) < 4.78 is 29.2. The zero-order valence-corrected chi connectivity index (χ0v) is 21.4. The van der Waals surface area contributed by atoms with Crippen molar-refractivity contribution < 1.29 is 64.0 Å². The van der Waals surface area contributed by atoms with Gasteiger partial charge in [-0.2, -0.15) is 4.98 Å². The number of nitrogens with one attached hydrogen (secondary N) is 1. The number of nitrogens with zero attached hydrogens (tertiary/aromatic N) is 2. The van der Waals surface area contributed by atoms with Gasteiger partial charge in [0, 0.05) is 19.5 Å². The number of anilines is 1. The molecular formula is C20H32N4O14P-. The van der Waals surface area contributed by atoms with E-state index in [0.717, 1.165) is 17.7 Å². The summed E-state index contributed by atoms with van der Waals surface area (Å²) in [5.74, 6) is -3.21. The maximum atomic E-state index is 12.7. The van der Waals surface area contributed by atoms with Crippen LogP contribution in [0.25, 0.3) is 0 Å². The van der Waals surface area contributed by atoms with Crippen molar-refractivity contribution in [3.63, 3.8) is 0 Å². The summed E-state index contributed by atoms with van der Waals surface area (Å²) in [6.45, 7) is -0.751. The first kappa shape index (κ1) is 31.5. The zero-order chi connectivity index (χ0) is 29.2. The van der Waals surface area contributed by atoms with Gasteiger partial charge in [-0.25, -0.2) is 4.79 Å². The lowest BCUT2D eigenvalue weighted by molar-refractivity contribution is -0.230. The summed E-state index contributed by atoms with van der Waals surface area (Å²) in [7, 11) is -5.30. The van der Waals surface area contributed by atoms with E-state index in [1.165, 1.54) is 6.07 Å². The molecule has 2 aliphatic heterocycles. The lowest BCUT2D eigenvalue weighted by atomic mass is 9.90. The van der Waals surface area contributed by atoms with E-state index in [2.05, 4.69) is 10.3 Å². The zero-order valence-electron chi connectivity index (χ0n) is 20.5. The molecule has 1 aromatic rings. The Kier molecular flexibility index (Phi) is 10.2. The van der Waals surface area contributed by atoms with Gasteiger partial charge in [-0.05, 0) is 6.07 Å². The molecule has 3 rings (SSSR count). The molecule has 2 saturated heterocycles. The van der Waals surface area contributed by atoms with Gasteiger partial charge in [0.25, 0.3) is 0 Å². The average molecular weight is 583 g/mol. The smallest absolute Gasteiger partial charge is 0.351 e. The lowest BCUT2D eigenvalue weighted by Gasteiger charge is -2.45. The highest BCUT2D eigenvalue weighted by Crippen LogP contribution is 2.47. The number of hydrogen-bond donors (Lipinski definition) is 9. The third-order valence-electron chi connectivity index (χ3n) is 6.40. The van der Waals surface area contributed by atoms with Crippen molar-refractivity contribution in [3.05, 3.63) is 22.7 Å². The molecule has 1 aromatic heterocycles. The van der Waals surface area contributed by atoms with E-state index < -0.39 is 106 Å². The number of hydrogen-bond acceptors (Lipinski definition) is 16. The molecule has 3 heterocycles. The van der Waals surface area contributed by atoms with Crippen molar-refractivity contribution >= 4 is 19.3 Å². The first-order valence-electron chi connectivity index (χ1n) is 11.7. The number of rotatable bonds is 10. The van der Waals surface area contributed by atoms with Crippen LogP contribution in [0.2, 0.25) is 0 Å². The summed E-state index contributed by atoms with van der Waals surface area (Å²) in [5, 5.41) is 73.2. The average Bonchev–Trinajstić information content (AvgIpc) is 3.15. The Morgan fingerprint density at radius 3 is 2.56 bits per heavy atom. The van der Waals surface area contributed by atoms with Gasteiger partial charge in [-0.3, -0.25) is 9.36 Å². The van der Waals surface area contributed by atoms with Crippen molar-refractivity contribution in [2.45, 2.75) is 80.3 Å². The van der Waals surface area contributed by atoms with Gasteiger partial charge in [-0.1, -0.05) is 0 Å². The monoisotopic (exact) mass is 583 g/mol. The predicted octanol–water partition coefficient (Wildman–Crippen LogP) is -5.93. The molecule has 0 radical (unpaired) electrons. The SMILES string of the molecule is CC(=O)N[C@H]1C([C@H](O)[C@H](O)CO)O[C@@H](C(O)P(=O)([O-])OC[C@H]2O[C@@H](n3ccc(N)nc3=O)C(O)[C@H]2O)C[C@H]1O. The van der Waals surface area contributed by atoms with Crippen LogP contribution in [-0.4, -0.2) is 125 Å². The summed E-state index contributed by atoms with van der Waals surface area (Å²) in [4.78, 5) is 39.8. The Morgan fingerprint density at radius 1 is 1.31 bits per heavy atom. The lowest BCUT2D eigenvalue weighted by Crippen LogP contribution is -2.64. The number of aliphatic hydroxyl groups excluding tert-OH is 7. The number of ether oxygens (including phenoxy) is 2. The number of nitrogen functional groups attached to an aromatic ring is 1. The first-order valence-corrected chi connectivity index (χ1v) is 13.4. The fraction of sp³-hybridized carbons (Fsp3) is 0.750. The van der Waals surface area contributed by atoms with Gasteiger partial charge in [-0.15, -0.1) is 0 Å². The van der Waals surface area contributed by atoms with Crippen LogP contribution in [0.4, 0.5) is 5.82 Å². The van der Waals surface area contributed by atoms with Crippen LogP contribution in [0.5, 0.6) is 0 Å². The number of carbonyl (C=O) groups excluding carboxylic acids is 1. The molecule has 4 unspecified atom stereocenters. The first-order chi connectivity index (χ1) is 18.2. The molecule has 2 fully saturated rings. The molecule has 12 atom stereocenters. The molecule has 0 spiro atoms. The molecule has 0 bridgehead atoms. The molecule has 0 aliphatic carbocycles. The van der Waals surface area contributed by atoms with Crippen molar-refractivity contribution in [1.29, 1.82) is 0 Å². The summed E-state index contributed by atoms with van der Waals surface area (Å²) in [5.41, 5.74) is 4.51. The van der Waals surface area contributed by atoms with Gasteiger partial charge in [0.15, 0.2) is 13.8 Å². The van der Waals surface area contributed by atoms with E-state index in [-0.39, 0.29) is 5.82 Å². The minimum Gasteiger partial charge on any atom is -0.777 e. The maximum absolute atomic E-state index is 12.7. The number of aromatic nitrogens is 2. The van der Waals surface area contributed by atoms with Crippen molar-refractivity contribution in [2.24, 2.45) is 0 Å². The van der Waals surface area contributed by atoms with Crippen LogP contribution < -0.4 is 21.6 Å². The van der Waals surface area contributed by atoms with Crippen LogP contribution in [0.3, 0.4) is 0 Å². The van der Waals surface area contributed by atoms with E-state index in [9.17, 15) is 49.7 Å². The number of carbonyl (C=O) groups is 1. The van der Waals surface area contributed by atoms with E-state index >= 15 is 0 Å². The predicted molar refractivity (Wildman–Crippen MR) is 124 cm³/mol. The summed E-state index contributed by atoms with van der Waals surface area (Å²) in [6.07, 6.45) is -14.4. The molecule has 0 aromatic carbocycles. The van der Waals surface area contributed by atoms with Gasteiger partial charge < -0.3 is 70.3 Å². The minimum absolute atomic E-state index is 0.107. The molecular weight excluding hydrogens is 551 g/mol. The topological polar surface area (TPSA) is 299 Å². The highest BCUT2D eigenvalue weighted by molar-refractivity contribution is 7.52. The third kappa shape index (κ3) is 6.99. The van der Waals surface area contributed by atoms with Crippen molar-refractivity contribution in [1.82, 2.24) is 14.9 Å². The second-order valence-electron chi connectivity index (χ2n) is 9.25. The van der Waals surface area contributed by atoms with Gasteiger partial charge in [0.2, 0.25) is 5.91 Å². The standard InChI is InChI=1S/C20H33N4O14P/c1-7(26)22-13-8(27)4-10(37-17(13)14(29)9(28)5-25)19(32)39(34,35)36-6-11-15(30)16(31)18(38-11)24-3-2-12(21)23-20(24)33/h2-3,8-11,13-19,25,27-32H,4-6H2,1H3,(H,22,26)(H,34,35)(H2,21,23,33)/p-1/t8-,9-,10-,11-,13-,14-,15+,16?,17?,18-,19?/m1/s1. The van der Waals surface area contributed by atoms with Gasteiger partial charge >= 0.3 is 5.69 Å². The number of amides is 1. The molecule has 19 heteroatoms. The Hall–Kier alpha value is -2.06. The summed E-state index contributed by atoms with van der Waals surface area (Å²) >= 11 is 0. The van der Waals surface area contributed by atoms with E-state index in [1.807, 2.05) is 0 Å². The van der Waals surface area contributed by atoms with Crippen LogP contribution in [-0.2, 0) is 23.4 Å². The van der Waals surface area contributed by atoms with Gasteiger partial charge in [0.05, 0.1) is 31.5 Å². The third-order valence-corrected chi connectivity index (χ3v) is 7.89. The summed E-state index contributed by atoms with van der Waals surface area (Å²) in [6, 6.07) is -0.102. The fourth-order valence-corrected chi connectivity index (χ4v) is 5.45. The Labute approximate surface area is 220 Å². The minimum atomic E-state index is -5.30. The quantitative estimate of drug-likeness (QED) is 0.116. The largest absolute Gasteiger partial charge is 0.777 e. The highest BCUT2D eigenvalue weighted by atomic mass is 31.2. The fourth-order valence-electron chi connectivity index (χ4n) is 4.34. The van der Waals surface area contributed by atoms with E-state index in [1.54, 1.807) is 0 Å². The molecule has 39 heavy (non-hydrogen) atoms. The van der Waals surface area contributed by atoms with Crippen LogP contribution >= 0.6 is 7.60 Å². The van der Waals surface area contributed by atoms with Gasteiger partial charge in [0.1, 0.15) is 48.3 Å². The molecule has 2 aliphatic rings. The normalized spacial score (nSPS) is 35.1. The van der Waals surface area contributed by atoms with Crippen LogP contribution in [0, 0.1) is 0 Å². The number of nitrogens with two attached hydrogens (primary N) is 1. The van der Waals surface area contributed by atoms with E-state index in [0.29, 0.717) is 0 Å². The maximum Gasteiger partial charge on any atom is 0.351 e. The Balaban J connectivity index is 1.70. The second-order valence-corrected chi connectivity index (χ2v) is 11.1. The molecule has 222 valence electrons.